The third-order valence-corrected chi connectivity index (χ3v) is 4.98. The van der Waals surface area contributed by atoms with E-state index >= 15 is 0 Å². The Morgan fingerprint density at radius 3 is 2.48 bits per heavy atom. The highest BCUT2D eigenvalue weighted by Gasteiger charge is 2.17. The number of hydrogen-bond donors (Lipinski definition) is 1. The molecule has 2 heterocycles. The number of nitrogens with zero attached hydrogens (tertiary/aromatic N) is 2. The van der Waals surface area contributed by atoms with Gasteiger partial charge in [0.1, 0.15) is 5.82 Å². The van der Waals surface area contributed by atoms with E-state index < -0.39 is 0 Å². The maximum atomic E-state index is 12.9. The van der Waals surface area contributed by atoms with E-state index in [0.29, 0.717) is 16.4 Å². The van der Waals surface area contributed by atoms with Crippen molar-refractivity contribution in [3.05, 3.63) is 46.7 Å². The fourth-order valence-corrected chi connectivity index (χ4v) is 3.51. The minimum Gasteiger partial charge on any atom is -0.342 e. The Morgan fingerprint density at radius 1 is 1.12 bits per heavy atom. The summed E-state index contributed by atoms with van der Waals surface area (Å²) < 4.78 is 12.9. The molecule has 132 valence electrons. The molecule has 25 heavy (non-hydrogen) atoms. The van der Waals surface area contributed by atoms with E-state index in [1.807, 2.05) is 4.90 Å². The van der Waals surface area contributed by atoms with Gasteiger partial charge < -0.3 is 4.90 Å². The Bertz CT molecular complexity index is 737. The van der Waals surface area contributed by atoms with E-state index in [1.54, 1.807) is 5.38 Å². The molecule has 7 heteroatoms. The van der Waals surface area contributed by atoms with Crippen LogP contribution in [0, 0.1) is 5.82 Å². The second kappa shape index (κ2) is 8.20. The predicted octanol–water partition coefficient (Wildman–Crippen LogP) is 3.48. The van der Waals surface area contributed by atoms with Gasteiger partial charge in [0.2, 0.25) is 5.91 Å². The van der Waals surface area contributed by atoms with Crippen LogP contribution >= 0.6 is 11.3 Å². The Hall–Kier alpha value is -2.28. The average Bonchev–Trinajstić information content (AvgIpc) is 2.86. The molecule has 2 amide bonds. The van der Waals surface area contributed by atoms with Gasteiger partial charge in [-0.1, -0.05) is 12.8 Å². The van der Waals surface area contributed by atoms with Crippen molar-refractivity contribution in [3.8, 4) is 0 Å². The maximum Gasteiger partial charge on any atom is 0.257 e. The van der Waals surface area contributed by atoms with Crippen molar-refractivity contribution in [3.63, 3.8) is 0 Å². The lowest BCUT2D eigenvalue weighted by Crippen LogP contribution is -2.33. The number of likely N-dealkylation sites (tertiary alicyclic amines) is 1. The fraction of sp³-hybridized carbons (Fsp3) is 0.389. The maximum absolute atomic E-state index is 12.9. The summed E-state index contributed by atoms with van der Waals surface area (Å²) in [7, 11) is 0. The second-order valence-electron chi connectivity index (χ2n) is 6.08. The number of carbonyl (C=O) groups is 2. The van der Waals surface area contributed by atoms with Gasteiger partial charge in [0, 0.05) is 24.0 Å². The molecule has 1 saturated heterocycles. The van der Waals surface area contributed by atoms with Crippen molar-refractivity contribution in [2.75, 3.05) is 18.4 Å². The van der Waals surface area contributed by atoms with Gasteiger partial charge in [-0.25, -0.2) is 9.37 Å². The zero-order valence-electron chi connectivity index (χ0n) is 13.8. The van der Waals surface area contributed by atoms with Gasteiger partial charge in [0.25, 0.3) is 5.91 Å². The smallest absolute Gasteiger partial charge is 0.257 e. The van der Waals surface area contributed by atoms with E-state index in [-0.39, 0.29) is 24.1 Å². The van der Waals surface area contributed by atoms with Gasteiger partial charge >= 0.3 is 0 Å². The van der Waals surface area contributed by atoms with Gasteiger partial charge in [-0.2, -0.15) is 0 Å². The van der Waals surface area contributed by atoms with E-state index in [9.17, 15) is 14.0 Å². The van der Waals surface area contributed by atoms with Crippen molar-refractivity contribution < 1.29 is 14.0 Å². The summed E-state index contributed by atoms with van der Waals surface area (Å²) in [4.78, 5) is 30.7. The van der Waals surface area contributed by atoms with E-state index in [0.717, 1.165) is 25.9 Å². The van der Waals surface area contributed by atoms with Crippen LogP contribution in [-0.2, 0) is 11.2 Å². The van der Waals surface area contributed by atoms with Gasteiger partial charge in [0.05, 0.1) is 12.1 Å². The van der Waals surface area contributed by atoms with Gasteiger partial charge in [-0.05, 0) is 37.1 Å². The van der Waals surface area contributed by atoms with Crippen LogP contribution in [0.3, 0.4) is 0 Å². The highest BCUT2D eigenvalue weighted by atomic mass is 32.1. The van der Waals surface area contributed by atoms with Crippen molar-refractivity contribution in [2.24, 2.45) is 0 Å². The van der Waals surface area contributed by atoms with Crippen LogP contribution < -0.4 is 5.32 Å². The van der Waals surface area contributed by atoms with E-state index in [4.69, 9.17) is 0 Å². The normalized spacial score (nSPS) is 14.8. The minimum atomic E-state index is -0.389. The largest absolute Gasteiger partial charge is 0.342 e. The number of carbonyl (C=O) groups excluding carboxylic acids is 2. The molecule has 2 aromatic rings. The molecule has 1 aromatic heterocycles. The molecule has 1 fully saturated rings. The van der Waals surface area contributed by atoms with E-state index in [2.05, 4.69) is 10.3 Å². The molecule has 0 spiro atoms. The standard InChI is InChI=1S/C18H20FN3O2S/c19-14-7-5-13(6-8-14)17(24)21-18-20-15(12-25-18)11-16(23)22-9-3-1-2-4-10-22/h5-8,12H,1-4,9-11H2,(H,20,21,24). The quantitative estimate of drug-likeness (QED) is 0.907. The zero-order chi connectivity index (χ0) is 17.6. The zero-order valence-corrected chi connectivity index (χ0v) is 14.7. The molecule has 1 N–H and O–H groups in total. The molecule has 0 bridgehead atoms. The van der Waals surface area contributed by atoms with Crippen LogP contribution in [0.1, 0.15) is 41.7 Å². The molecule has 0 atom stereocenters. The van der Waals surface area contributed by atoms with Crippen molar-refractivity contribution in [1.82, 2.24) is 9.88 Å². The topological polar surface area (TPSA) is 62.3 Å². The number of aromatic nitrogens is 1. The van der Waals surface area contributed by atoms with Gasteiger partial charge in [0.15, 0.2) is 5.13 Å². The van der Waals surface area contributed by atoms with E-state index in [1.165, 1.54) is 48.4 Å². The average molecular weight is 361 g/mol. The highest BCUT2D eigenvalue weighted by molar-refractivity contribution is 7.14. The molecule has 0 unspecified atom stereocenters. The van der Waals surface area contributed by atoms with Crippen LogP contribution in [0.2, 0.25) is 0 Å². The van der Waals surface area contributed by atoms with Crippen molar-refractivity contribution >= 4 is 28.3 Å². The molecule has 0 aliphatic carbocycles. The van der Waals surface area contributed by atoms with Crippen LogP contribution in [-0.4, -0.2) is 34.8 Å². The molecular weight excluding hydrogens is 341 g/mol. The second-order valence-corrected chi connectivity index (χ2v) is 6.93. The highest BCUT2D eigenvalue weighted by Crippen LogP contribution is 2.18. The minimum absolute atomic E-state index is 0.0867. The summed E-state index contributed by atoms with van der Waals surface area (Å²) in [6, 6.07) is 5.31. The van der Waals surface area contributed by atoms with Gasteiger partial charge in [-0.3, -0.25) is 14.9 Å². The number of rotatable bonds is 4. The third-order valence-electron chi connectivity index (χ3n) is 4.17. The number of nitrogens with one attached hydrogen (secondary N) is 1. The lowest BCUT2D eigenvalue weighted by atomic mass is 10.2. The molecule has 1 aliphatic heterocycles. The number of anilines is 1. The first-order chi connectivity index (χ1) is 12.1. The molecular formula is C18H20FN3O2S. The van der Waals surface area contributed by atoms with Crippen LogP contribution in [0.25, 0.3) is 0 Å². The molecule has 1 aliphatic rings. The summed E-state index contributed by atoms with van der Waals surface area (Å²) in [5.41, 5.74) is 1.02. The third kappa shape index (κ3) is 4.85. The Labute approximate surface area is 149 Å². The van der Waals surface area contributed by atoms with Crippen LogP contribution in [0.15, 0.2) is 29.6 Å². The lowest BCUT2D eigenvalue weighted by Gasteiger charge is -2.19. The summed E-state index contributed by atoms with van der Waals surface area (Å²) in [6.07, 6.45) is 4.73. The SMILES string of the molecule is O=C(Nc1nc(CC(=O)N2CCCCCC2)cs1)c1ccc(F)cc1. The molecule has 1 aromatic carbocycles. The van der Waals surface area contributed by atoms with Gasteiger partial charge in [-0.15, -0.1) is 11.3 Å². The number of amides is 2. The first-order valence-corrected chi connectivity index (χ1v) is 9.29. The summed E-state index contributed by atoms with van der Waals surface area (Å²) in [5, 5.41) is 4.91. The fourth-order valence-electron chi connectivity index (χ4n) is 2.80. The number of benzene rings is 1. The molecule has 0 saturated carbocycles. The Balaban J connectivity index is 1.57. The Kier molecular flexibility index (Phi) is 5.75. The summed E-state index contributed by atoms with van der Waals surface area (Å²) >= 11 is 1.28. The number of hydrogen-bond acceptors (Lipinski definition) is 4. The summed E-state index contributed by atoms with van der Waals surface area (Å²) in [6.45, 7) is 1.63. The molecule has 3 rings (SSSR count). The molecule has 0 radical (unpaired) electrons. The van der Waals surface area contributed by atoms with Crippen molar-refractivity contribution in [2.45, 2.75) is 32.1 Å². The number of halogens is 1. The summed E-state index contributed by atoms with van der Waals surface area (Å²) in [5.74, 6) is -0.650. The monoisotopic (exact) mass is 361 g/mol. The predicted molar refractivity (Wildman–Crippen MR) is 95.2 cm³/mol. The Morgan fingerprint density at radius 2 is 1.80 bits per heavy atom. The number of thiazole rings is 1. The molecule has 5 nitrogen and oxygen atoms in total. The van der Waals surface area contributed by atoms with Crippen LogP contribution in [0.5, 0.6) is 0 Å². The first-order valence-electron chi connectivity index (χ1n) is 8.41. The first kappa shape index (κ1) is 17.5. The van der Waals surface area contributed by atoms with Crippen molar-refractivity contribution in [1.29, 1.82) is 0 Å². The lowest BCUT2D eigenvalue weighted by molar-refractivity contribution is -0.130. The van der Waals surface area contributed by atoms with Crippen LogP contribution in [0.4, 0.5) is 9.52 Å².